The van der Waals surface area contributed by atoms with Gasteiger partial charge in [0.25, 0.3) is 0 Å². The number of alkyl halides is 2. The summed E-state index contributed by atoms with van der Waals surface area (Å²) >= 11 is 0. The molecule has 0 atom stereocenters. The summed E-state index contributed by atoms with van der Waals surface area (Å²) in [6.45, 7) is 0. The van der Waals surface area contributed by atoms with Gasteiger partial charge in [0.2, 0.25) is 5.78 Å². The van der Waals surface area contributed by atoms with Crippen molar-refractivity contribution in [1.29, 1.82) is 5.26 Å². The van der Waals surface area contributed by atoms with Gasteiger partial charge in [0, 0.05) is 11.6 Å². The number of hydrogen-bond acceptors (Lipinski definition) is 2. The lowest BCUT2D eigenvalue weighted by Gasteiger charge is -2.11. The summed E-state index contributed by atoms with van der Waals surface area (Å²) < 4.78 is 40.9. The van der Waals surface area contributed by atoms with Gasteiger partial charge in [0.05, 0.1) is 11.6 Å². The number of nitriles is 1. The van der Waals surface area contributed by atoms with Crippen LogP contribution in [-0.4, -0.2) is 11.7 Å². The van der Waals surface area contributed by atoms with Crippen LogP contribution in [0.1, 0.15) is 15.9 Å². The number of nitrogens with zero attached hydrogens (tertiary/aromatic N) is 1. The Labute approximate surface area is 125 Å². The summed E-state index contributed by atoms with van der Waals surface area (Å²) in [7, 11) is 0. The molecule has 0 spiro atoms. The zero-order valence-corrected chi connectivity index (χ0v) is 11.3. The highest BCUT2D eigenvalue weighted by Crippen LogP contribution is 2.26. The number of carbonyl (C=O) groups is 1. The number of allylic oxidation sites excluding steroid dienone is 2. The molecule has 0 saturated carbocycles. The standard InChI is InChI=1S/C17H10F3NO/c18-15-8-6-13(7-9-15)16(22)17(19,20)10-14(11-21)12-4-2-1-3-5-12/h1-10H/b14-10-. The Balaban J connectivity index is 2.36. The van der Waals surface area contributed by atoms with E-state index in [9.17, 15) is 18.0 Å². The van der Waals surface area contributed by atoms with E-state index in [0.717, 1.165) is 24.3 Å². The van der Waals surface area contributed by atoms with Crippen LogP contribution in [0.4, 0.5) is 13.2 Å². The first-order chi connectivity index (χ1) is 10.4. The molecule has 0 N–H and O–H groups in total. The van der Waals surface area contributed by atoms with Crippen LogP contribution in [0.15, 0.2) is 60.7 Å². The summed E-state index contributed by atoms with van der Waals surface area (Å²) in [6.07, 6.45) is 0.327. The van der Waals surface area contributed by atoms with E-state index < -0.39 is 17.5 Å². The SMILES string of the molecule is N#C/C(=C/C(F)(F)C(=O)c1ccc(F)cc1)c1ccccc1. The molecule has 2 aromatic carbocycles. The van der Waals surface area contributed by atoms with Crippen LogP contribution in [0.5, 0.6) is 0 Å². The lowest BCUT2D eigenvalue weighted by Crippen LogP contribution is -2.26. The van der Waals surface area contributed by atoms with Crippen molar-refractivity contribution in [2.45, 2.75) is 5.92 Å². The third-order valence-electron chi connectivity index (χ3n) is 2.94. The van der Waals surface area contributed by atoms with Crippen LogP contribution in [0.25, 0.3) is 5.57 Å². The zero-order valence-electron chi connectivity index (χ0n) is 11.3. The second-order valence-electron chi connectivity index (χ2n) is 4.49. The van der Waals surface area contributed by atoms with Crippen LogP contribution in [-0.2, 0) is 0 Å². The van der Waals surface area contributed by atoms with Gasteiger partial charge in [-0.1, -0.05) is 30.3 Å². The Morgan fingerprint density at radius 1 is 1.00 bits per heavy atom. The van der Waals surface area contributed by atoms with Gasteiger partial charge in [-0.05, 0) is 29.8 Å². The van der Waals surface area contributed by atoms with Crippen molar-refractivity contribution in [2.75, 3.05) is 0 Å². The number of rotatable bonds is 4. The molecule has 2 rings (SSSR count). The molecule has 0 aliphatic rings. The van der Waals surface area contributed by atoms with Gasteiger partial charge in [-0.3, -0.25) is 4.79 Å². The molecule has 0 saturated heterocycles. The van der Waals surface area contributed by atoms with Gasteiger partial charge < -0.3 is 0 Å². The molecule has 0 fully saturated rings. The van der Waals surface area contributed by atoms with E-state index in [0.29, 0.717) is 6.08 Å². The maximum absolute atomic E-state index is 14.1. The number of halogens is 3. The third kappa shape index (κ3) is 3.41. The van der Waals surface area contributed by atoms with Crippen LogP contribution in [0.2, 0.25) is 0 Å². The summed E-state index contributed by atoms with van der Waals surface area (Å²) in [4.78, 5) is 11.8. The van der Waals surface area contributed by atoms with Gasteiger partial charge in [-0.2, -0.15) is 14.0 Å². The first-order valence-corrected chi connectivity index (χ1v) is 6.30. The molecule has 0 aliphatic heterocycles. The molecular weight excluding hydrogens is 291 g/mol. The minimum Gasteiger partial charge on any atom is -0.287 e. The Hall–Kier alpha value is -2.87. The molecule has 0 aliphatic carbocycles. The van der Waals surface area contributed by atoms with E-state index in [4.69, 9.17) is 5.26 Å². The fraction of sp³-hybridized carbons (Fsp3) is 0.0588. The summed E-state index contributed by atoms with van der Waals surface area (Å²) in [5.74, 6) is -5.98. The minimum absolute atomic E-state index is 0.289. The van der Waals surface area contributed by atoms with E-state index in [1.165, 1.54) is 12.1 Å². The maximum Gasteiger partial charge on any atom is 0.329 e. The van der Waals surface area contributed by atoms with Gasteiger partial charge in [-0.25, -0.2) is 4.39 Å². The van der Waals surface area contributed by atoms with E-state index in [1.807, 2.05) is 0 Å². The van der Waals surface area contributed by atoms with Crippen molar-refractivity contribution >= 4 is 11.4 Å². The van der Waals surface area contributed by atoms with Crippen LogP contribution < -0.4 is 0 Å². The predicted molar refractivity (Wildman–Crippen MR) is 75.7 cm³/mol. The average molecular weight is 301 g/mol. The Morgan fingerprint density at radius 3 is 2.14 bits per heavy atom. The molecule has 110 valence electrons. The zero-order chi connectivity index (χ0) is 16.2. The van der Waals surface area contributed by atoms with Crippen molar-refractivity contribution in [3.05, 3.63) is 77.6 Å². The smallest absolute Gasteiger partial charge is 0.287 e. The molecular formula is C17H10F3NO. The molecule has 0 unspecified atom stereocenters. The third-order valence-corrected chi connectivity index (χ3v) is 2.94. The molecule has 0 heterocycles. The maximum atomic E-state index is 14.1. The van der Waals surface area contributed by atoms with Gasteiger partial charge in [0.15, 0.2) is 0 Å². The molecule has 5 heteroatoms. The number of hydrogen-bond donors (Lipinski definition) is 0. The van der Waals surface area contributed by atoms with Gasteiger partial charge in [-0.15, -0.1) is 0 Å². The lowest BCUT2D eigenvalue weighted by atomic mass is 10.00. The molecule has 0 aromatic heterocycles. The quantitative estimate of drug-likeness (QED) is 0.625. The van der Waals surface area contributed by atoms with Gasteiger partial charge in [0.1, 0.15) is 5.82 Å². The molecule has 0 bridgehead atoms. The molecule has 2 aromatic rings. The fourth-order valence-corrected chi connectivity index (χ4v) is 1.84. The summed E-state index contributed by atoms with van der Waals surface area (Å²) in [5, 5.41) is 9.02. The van der Waals surface area contributed by atoms with Crippen molar-refractivity contribution in [2.24, 2.45) is 0 Å². The number of carbonyl (C=O) groups excluding carboxylic acids is 1. The first kappa shape index (κ1) is 15.5. The van der Waals surface area contributed by atoms with Crippen molar-refractivity contribution in [1.82, 2.24) is 0 Å². The highest BCUT2D eigenvalue weighted by molar-refractivity contribution is 6.03. The Morgan fingerprint density at radius 2 is 1.59 bits per heavy atom. The second kappa shape index (κ2) is 6.27. The first-order valence-electron chi connectivity index (χ1n) is 6.30. The molecule has 22 heavy (non-hydrogen) atoms. The largest absolute Gasteiger partial charge is 0.329 e. The predicted octanol–water partition coefficient (Wildman–Crippen LogP) is 4.25. The summed E-state index contributed by atoms with van der Waals surface area (Å²) in [6, 6.07) is 13.3. The topological polar surface area (TPSA) is 40.9 Å². The summed E-state index contributed by atoms with van der Waals surface area (Å²) in [5.41, 5.74) is -0.342. The molecule has 0 amide bonds. The molecule has 2 nitrogen and oxygen atoms in total. The monoisotopic (exact) mass is 301 g/mol. The fourth-order valence-electron chi connectivity index (χ4n) is 1.84. The van der Waals surface area contributed by atoms with E-state index >= 15 is 0 Å². The van der Waals surface area contributed by atoms with Crippen molar-refractivity contribution in [3.63, 3.8) is 0 Å². The number of benzene rings is 2. The van der Waals surface area contributed by atoms with E-state index in [2.05, 4.69) is 0 Å². The average Bonchev–Trinajstić information content (AvgIpc) is 2.53. The number of ketones is 1. The van der Waals surface area contributed by atoms with Crippen molar-refractivity contribution < 1.29 is 18.0 Å². The van der Waals surface area contributed by atoms with Gasteiger partial charge >= 0.3 is 5.92 Å². The molecule has 0 radical (unpaired) electrons. The lowest BCUT2D eigenvalue weighted by molar-refractivity contribution is 0.0384. The van der Waals surface area contributed by atoms with Crippen LogP contribution >= 0.6 is 0 Å². The second-order valence-corrected chi connectivity index (χ2v) is 4.49. The van der Waals surface area contributed by atoms with Crippen LogP contribution in [0.3, 0.4) is 0 Å². The van der Waals surface area contributed by atoms with E-state index in [1.54, 1.807) is 24.3 Å². The minimum atomic E-state index is -3.86. The highest BCUT2D eigenvalue weighted by Gasteiger charge is 2.37. The van der Waals surface area contributed by atoms with E-state index in [-0.39, 0.29) is 16.7 Å². The normalized spacial score (nSPS) is 11.8. The Kier molecular flexibility index (Phi) is 4.42. The van der Waals surface area contributed by atoms with Crippen LogP contribution in [0, 0.1) is 17.1 Å². The highest BCUT2D eigenvalue weighted by atomic mass is 19.3. The Bertz CT molecular complexity index is 744. The number of Topliss-reactive ketones (excluding diaryl/α,β-unsaturated/α-hetero) is 1. The van der Waals surface area contributed by atoms with Crippen molar-refractivity contribution in [3.8, 4) is 6.07 Å².